The van der Waals surface area contributed by atoms with Crippen molar-refractivity contribution in [1.29, 1.82) is 0 Å². The molecule has 3 amide bonds. The first-order valence-electron chi connectivity index (χ1n) is 8.45. The van der Waals surface area contributed by atoms with Crippen LogP contribution in [0.15, 0.2) is 18.2 Å². The Bertz CT molecular complexity index is 672. The van der Waals surface area contributed by atoms with E-state index in [4.69, 9.17) is 17.3 Å². The zero-order valence-corrected chi connectivity index (χ0v) is 17.2. The Labute approximate surface area is 166 Å². The zero-order chi connectivity index (χ0) is 18.8. The molecule has 0 aromatic heterocycles. The predicted molar refractivity (Wildman–Crippen MR) is 108 cm³/mol. The number of nitrogens with two attached hydrogens (primary N) is 1. The minimum Gasteiger partial charge on any atom is -0.345 e. The van der Waals surface area contributed by atoms with Gasteiger partial charge in [0.2, 0.25) is 0 Å². The van der Waals surface area contributed by atoms with Gasteiger partial charge in [0.1, 0.15) is 0 Å². The van der Waals surface area contributed by atoms with Crippen molar-refractivity contribution >= 4 is 41.6 Å². The van der Waals surface area contributed by atoms with Crippen LogP contribution in [0.2, 0.25) is 5.02 Å². The fourth-order valence-electron chi connectivity index (χ4n) is 2.65. The average molecular weight is 403 g/mol. The number of carbonyl (C=O) groups excluding carboxylic acids is 2. The van der Waals surface area contributed by atoms with Crippen molar-refractivity contribution in [3.63, 3.8) is 0 Å². The van der Waals surface area contributed by atoms with E-state index < -0.39 is 5.54 Å². The van der Waals surface area contributed by atoms with Gasteiger partial charge < -0.3 is 21.7 Å². The molecule has 0 aliphatic heterocycles. The number of benzene rings is 1. The number of urea groups is 1. The molecule has 1 fully saturated rings. The monoisotopic (exact) mass is 402 g/mol. The Morgan fingerprint density at radius 2 is 1.81 bits per heavy atom. The van der Waals surface area contributed by atoms with Crippen LogP contribution in [0.3, 0.4) is 0 Å². The van der Waals surface area contributed by atoms with E-state index in [0.29, 0.717) is 28.7 Å². The third-order valence-corrected chi connectivity index (χ3v) is 4.59. The van der Waals surface area contributed by atoms with Crippen molar-refractivity contribution < 1.29 is 9.59 Å². The first kappa shape index (κ1) is 22.5. The second kappa shape index (κ2) is 8.46. The molecule has 6 nitrogen and oxygen atoms in total. The first-order valence-corrected chi connectivity index (χ1v) is 8.83. The van der Waals surface area contributed by atoms with Gasteiger partial charge in [-0.2, -0.15) is 0 Å². The van der Waals surface area contributed by atoms with E-state index in [1.165, 1.54) is 0 Å². The van der Waals surface area contributed by atoms with E-state index in [1.54, 1.807) is 18.2 Å². The van der Waals surface area contributed by atoms with Gasteiger partial charge in [-0.3, -0.25) is 4.79 Å². The summed E-state index contributed by atoms with van der Waals surface area (Å²) in [6.07, 6.45) is 2.13. The van der Waals surface area contributed by atoms with Crippen LogP contribution in [-0.4, -0.2) is 29.6 Å². The number of hydrogen-bond donors (Lipinski definition) is 4. The molecule has 0 heterocycles. The summed E-state index contributed by atoms with van der Waals surface area (Å²) in [5.74, 6) is 0.115. The molecule has 1 aromatic rings. The number of rotatable bonds is 5. The van der Waals surface area contributed by atoms with Gasteiger partial charge in [0, 0.05) is 17.8 Å². The van der Waals surface area contributed by atoms with Crippen LogP contribution in [0.4, 0.5) is 10.5 Å². The van der Waals surface area contributed by atoms with Crippen LogP contribution in [0.1, 0.15) is 50.9 Å². The summed E-state index contributed by atoms with van der Waals surface area (Å²) in [4.78, 5) is 24.7. The van der Waals surface area contributed by atoms with Crippen molar-refractivity contribution in [3.05, 3.63) is 28.8 Å². The van der Waals surface area contributed by atoms with E-state index in [2.05, 4.69) is 16.0 Å². The molecule has 8 heteroatoms. The number of amides is 3. The molecule has 1 aliphatic carbocycles. The molecular weight excluding hydrogens is 375 g/mol. The van der Waals surface area contributed by atoms with Gasteiger partial charge in [-0.15, -0.1) is 12.4 Å². The molecule has 0 saturated heterocycles. The van der Waals surface area contributed by atoms with Gasteiger partial charge in [-0.05, 0) is 64.7 Å². The van der Waals surface area contributed by atoms with E-state index in [1.807, 2.05) is 27.7 Å². The SMILES string of the molecule is CC(C)(C)NC(=O)Nc1ccc(Cl)c(C(=O)NC(C)(CN)C2CC2)c1.Cl. The maximum atomic E-state index is 12.7. The Hall–Kier alpha value is -1.50. The third-order valence-electron chi connectivity index (χ3n) is 4.26. The average Bonchev–Trinajstić information content (AvgIpc) is 3.32. The lowest BCUT2D eigenvalue weighted by molar-refractivity contribution is 0.0898. The third kappa shape index (κ3) is 6.04. The highest BCUT2D eigenvalue weighted by Gasteiger charge is 2.41. The molecule has 0 spiro atoms. The highest BCUT2D eigenvalue weighted by atomic mass is 35.5. The van der Waals surface area contributed by atoms with Gasteiger partial charge in [0.05, 0.1) is 16.1 Å². The number of halogens is 2. The Morgan fingerprint density at radius 3 is 2.31 bits per heavy atom. The molecule has 146 valence electrons. The highest BCUT2D eigenvalue weighted by Crippen LogP contribution is 2.39. The Balaban J connectivity index is 0.00000338. The van der Waals surface area contributed by atoms with Crippen LogP contribution < -0.4 is 21.7 Å². The van der Waals surface area contributed by atoms with Crippen molar-refractivity contribution in [3.8, 4) is 0 Å². The first-order chi connectivity index (χ1) is 11.5. The molecule has 5 N–H and O–H groups in total. The van der Waals surface area contributed by atoms with Crippen molar-refractivity contribution in [1.82, 2.24) is 10.6 Å². The van der Waals surface area contributed by atoms with Crippen molar-refractivity contribution in [2.75, 3.05) is 11.9 Å². The quantitative estimate of drug-likeness (QED) is 0.606. The lowest BCUT2D eigenvalue weighted by Crippen LogP contribution is -2.53. The van der Waals surface area contributed by atoms with Crippen LogP contribution in [0, 0.1) is 5.92 Å². The lowest BCUT2D eigenvalue weighted by atomic mass is 9.95. The molecule has 0 bridgehead atoms. The molecular formula is C18H28Cl2N4O2. The predicted octanol–water partition coefficient (Wildman–Crippen LogP) is 3.54. The summed E-state index contributed by atoms with van der Waals surface area (Å²) in [6.45, 7) is 7.98. The fraction of sp³-hybridized carbons (Fsp3) is 0.556. The number of nitrogens with one attached hydrogen (secondary N) is 3. The summed E-state index contributed by atoms with van der Waals surface area (Å²) in [5, 5.41) is 8.85. The van der Waals surface area contributed by atoms with Gasteiger partial charge in [-0.25, -0.2) is 4.79 Å². The standard InChI is InChI=1S/C18H27ClN4O2.ClH/c1-17(2,3)23-16(25)21-12-7-8-14(19)13(9-12)15(24)22-18(4,10-20)11-5-6-11;/h7-9,11H,5-6,10,20H2,1-4H3,(H,22,24)(H2,21,23,25);1H. The van der Waals surface area contributed by atoms with Crippen LogP contribution >= 0.6 is 24.0 Å². The Kier molecular flexibility index (Phi) is 7.33. The summed E-state index contributed by atoms with van der Waals surface area (Å²) in [7, 11) is 0. The maximum Gasteiger partial charge on any atom is 0.319 e. The maximum absolute atomic E-state index is 12.7. The minimum absolute atomic E-state index is 0. The number of anilines is 1. The lowest BCUT2D eigenvalue weighted by Gasteiger charge is -2.29. The number of hydrogen-bond acceptors (Lipinski definition) is 3. The molecule has 26 heavy (non-hydrogen) atoms. The van der Waals surface area contributed by atoms with Crippen molar-refractivity contribution in [2.45, 2.75) is 51.6 Å². The summed E-state index contributed by atoms with van der Waals surface area (Å²) in [5.41, 5.74) is 5.87. The molecule has 0 radical (unpaired) electrons. The van der Waals surface area contributed by atoms with E-state index in [-0.39, 0.29) is 29.9 Å². The van der Waals surface area contributed by atoms with Crippen molar-refractivity contribution in [2.24, 2.45) is 11.7 Å². The minimum atomic E-state index is -0.437. The normalized spacial score (nSPS) is 16.1. The molecule has 2 rings (SSSR count). The van der Waals surface area contributed by atoms with E-state index in [0.717, 1.165) is 12.8 Å². The summed E-state index contributed by atoms with van der Waals surface area (Å²) in [6, 6.07) is 4.49. The van der Waals surface area contributed by atoms with Crippen LogP contribution in [0.5, 0.6) is 0 Å². The highest BCUT2D eigenvalue weighted by molar-refractivity contribution is 6.34. The van der Waals surface area contributed by atoms with Gasteiger partial charge in [-0.1, -0.05) is 11.6 Å². The summed E-state index contributed by atoms with van der Waals surface area (Å²) >= 11 is 6.18. The molecule has 1 unspecified atom stereocenters. The largest absolute Gasteiger partial charge is 0.345 e. The molecule has 1 saturated carbocycles. The van der Waals surface area contributed by atoms with Crippen LogP contribution in [-0.2, 0) is 0 Å². The van der Waals surface area contributed by atoms with Gasteiger partial charge >= 0.3 is 6.03 Å². The molecule has 1 aromatic carbocycles. The molecule has 1 atom stereocenters. The Morgan fingerprint density at radius 1 is 1.19 bits per heavy atom. The number of carbonyl (C=O) groups is 2. The zero-order valence-electron chi connectivity index (χ0n) is 15.6. The molecule has 1 aliphatic rings. The fourth-order valence-corrected chi connectivity index (χ4v) is 2.85. The van der Waals surface area contributed by atoms with E-state index in [9.17, 15) is 9.59 Å². The van der Waals surface area contributed by atoms with Gasteiger partial charge in [0.15, 0.2) is 0 Å². The smallest absolute Gasteiger partial charge is 0.319 e. The second-order valence-electron chi connectivity index (χ2n) is 7.87. The second-order valence-corrected chi connectivity index (χ2v) is 8.28. The topological polar surface area (TPSA) is 96.2 Å². The van der Waals surface area contributed by atoms with Crippen LogP contribution in [0.25, 0.3) is 0 Å². The van der Waals surface area contributed by atoms with Gasteiger partial charge in [0.25, 0.3) is 5.91 Å². The summed E-state index contributed by atoms with van der Waals surface area (Å²) < 4.78 is 0. The van der Waals surface area contributed by atoms with E-state index >= 15 is 0 Å².